The fourth-order valence-corrected chi connectivity index (χ4v) is 3.27. The van der Waals surface area contributed by atoms with Crippen LogP contribution in [0.3, 0.4) is 0 Å². The molecule has 0 atom stereocenters. The van der Waals surface area contributed by atoms with Crippen molar-refractivity contribution in [2.45, 2.75) is 0 Å². The minimum absolute atomic E-state index is 0.286. The highest BCUT2D eigenvalue weighted by atomic mass is 19.1. The summed E-state index contributed by atoms with van der Waals surface area (Å²) in [5.74, 6) is 0.740. The Bertz CT molecular complexity index is 1230. The maximum Gasteiger partial charge on any atom is 0.262 e. The van der Waals surface area contributed by atoms with E-state index in [1.807, 2.05) is 0 Å². The van der Waals surface area contributed by atoms with Crippen molar-refractivity contribution in [3.05, 3.63) is 77.6 Å². The molecule has 0 saturated heterocycles. The molecule has 0 heterocycles. The Kier molecular flexibility index (Phi) is 8.88. The van der Waals surface area contributed by atoms with Crippen molar-refractivity contribution in [2.75, 3.05) is 40.4 Å². The van der Waals surface area contributed by atoms with Gasteiger partial charge in [0.15, 0.2) is 35.4 Å². The number of carbonyl (C=O) groups excluding carboxylic acids is 2. The lowest BCUT2D eigenvalue weighted by Crippen LogP contribution is -2.20. The van der Waals surface area contributed by atoms with Gasteiger partial charge in [-0.25, -0.2) is 4.39 Å². The van der Waals surface area contributed by atoms with Crippen molar-refractivity contribution in [1.29, 1.82) is 0 Å². The summed E-state index contributed by atoms with van der Waals surface area (Å²) in [4.78, 5) is 25.0. The van der Waals surface area contributed by atoms with E-state index in [-0.39, 0.29) is 12.4 Å². The van der Waals surface area contributed by atoms with Gasteiger partial charge in [0.2, 0.25) is 5.75 Å². The number of halogens is 1. The first kappa shape index (κ1) is 26.1. The van der Waals surface area contributed by atoms with Gasteiger partial charge >= 0.3 is 0 Å². The number of ketones is 1. The third kappa shape index (κ3) is 6.53. The van der Waals surface area contributed by atoms with E-state index in [9.17, 15) is 14.0 Å². The fraction of sp³-hybridized carbons (Fsp3) is 0.185. The zero-order chi connectivity index (χ0) is 26.1. The number of carbonyl (C=O) groups is 2. The molecule has 188 valence electrons. The van der Waals surface area contributed by atoms with Crippen molar-refractivity contribution in [2.24, 2.45) is 0 Å². The van der Waals surface area contributed by atoms with Crippen LogP contribution in [-0.4, -0.2) is 46.7 Å². The second kappa shape index (κ2) is 12.3. The van der Waals surface area contributed by atoms with E-state index in [1.54, 1.807) is 36.4 Å². The third-order valence-electron chi connectivity index (χ3n) is 5.05. The molecule has 0 spiro atoms. The Morgan fingerprint density at radius 3 is 2.03 bits per heavy atom. The van der Waals surface area contributed by atoms with Gasteiger partial charge in [0.1, 0.15) is 5.82 Å². The summed E-state index contributed by atoms with van der Waals surface area (Å²) in [6, 6.07) is 13.6. The van der Waals surface area contributed by atoms with Crippen LogP contribution < -0.4 is 29.0 Å². The van der Waals surface area contributed by atoms with Gasteiger partial charge in [-0.2, -0.15) is 0 Å². The van der Waals surface area contributed by atoms with E-state index in [4.69, 9.17) is 23.7 Å². The zero-order valence-electron chi connectivity index (χ0n) is 20.3. The molecule has 9 heteroatoms. The predicted molar refractivity (Wildman–Crippen MR) is 133 cm³/mol. The molecule has 0 fully saturated rings. The largest absolute Gasteiger partial charge is 0.493 e. The molecule has 0 aliphatic carbocycles. The molecule has 0 aliphatic heterocycles. The number of methoxy groups -OCH3 is 4. The van der Waals surface area contributed by atoms with Gasteiger partial charge in [-0.15, -0.1) is 0 Å². The lowest BCUT2D eigenvalue weighted by molar-refractivity contribution is -0.118. The van der Waals surface area contributed by atoms with Crippen LogP contribution in [0.5, 0.6) is 28.7 Å². The van der Waals surface area contributed by atoms with E-state index in [0.717, 1.165) is 0 Å². The minimum Gasteiger partial charge on any atom is -0.493 e. The van der Waals surface area contributed by atoms with Crippen LogP contribution in [0.15, 0.2) is 60.7 Å². The molecule has 0 aliphatic rings. The molecule has 3 aromatic rings. The zero-order valence-corrected chi connectivity index (χ0v) is 20.3. The number of hydrogen-bond donors (Lipinski definition) is 1. The predicted octanol–water partition coefficient (Wildman–Crippen LogP) is 4.77. The van der Waals surface area contributed by atoms with Gasteiger partial charge in [-0.3, -0.25) is 9.59 Å². The molecule has 8 nitrogen and oxygen atoms in total. The quantitative estimate of drug-likeness (QED) is 0.303. The minimum atomic E-state index is -0.429. The average molecular weight is 496 g/mol. The van der Waals surface area contributed by atoms with Gasteiger partial charge in [0.25, 0.3) is 5.91 Å². The average Bonchev–Trinajstić information content (AvgIpc) is 2.90. The Morgan fingerprint density at radius 2 is 1.44 bits per heavy atom. The maximum absolute atomic E-state index is 13.0. The SMILES string of the molecule is COc1ccc(/C=C/C(=O)c2cc(OC)c(OC)c(OC)c2)cc1OCC(=O)Nc1ccc(F)cc1. The first-order chi connectivity index (χ1) is 17.4. The highest BCUT2D eigenvalue weighted by molar-refractivity contribution is 6.07. The van der Waals surface area contributed by atoms with E-state index < -0.39 is 11.7 Å². The Hall–Kier alpha value is -4.53. The molecule has 0 aromatic heterocycles. The van der Waals surface area contributed by atoms with Crippen LogP contribution >= 0.6 is 0 Å². The number of rotatable bonds is 11. The topological polar surface area (TPSA) is 92.3 Å². The van der Waals surface area contributed by atoms with Crippen molar-refractivity contribution in [3.63, 3.8) is 0 Å². The smallest absolute Gasteiger partial charge is 0.262 e. The summed E-state index contributed by atoms with van der Waals surface area (Å²) >= 11 is 0. The molecule has 1 amide bonds. The van der Waals surface area contributed by atoms with Crippen LogP contribution in [0.4, 0.5) is 10.1 Å². The molecular weight excluding hydrogens is 469 g/mol. The monoisotopic (exact) mass is 495 g/mol. The van der Waals surface area contributed by atoms with E-state index in [2.05, 4.69) is 5.32 Å². The van der Waals surface area contributed by atoms with Crippen molar-refractivity contribution in [1.82, 2.24) is 0 Å². The molecule has 3 aromatic carbocycles. The molecule has 0 unspecified atom stereocenters. The van der Waals surface area contributed by atoms with Crippen LogP contribution in [0.2, 0.25) is 0 Å². The van der Waals surface area contributed by atoms with Gasteiger partial charge in [-0.05, 0) is 60.2 Å². The standard InChI is InChI=1S/C27H26FNO7/c1-32-22-12-6-17(13-23(22)36-16-26(31)29-20-9-7-19(28)8-10-20)5-11-21(30)18-14-24(33-2)27(35-4)25(15-18)34-3/h5-15H,16H2,1-4H3,(H,29,31)/b11-5+. The lowest BCUT2D eigenvalue weighted by atomic mass is 10.1. The molecule has 3 rings (SSSR count). The summed E-state index contributed by atoms with van der Waals surface area (Å²) in [6.45, 7) is -0.300. The number of allylic oxidation sites excluding steroid dienone is 1. The molecular formula is C27H26FNO7. The number of amides is 1. The summed E-state index contributed by atoms with van der Waals surface area (Å²) in [5, 5.41) is 2.62. The highest BCUT2D eigenvalue weighted by Crippen LogP contribution is 2.38. The Morgan fingerprint density at radius 1 is 0.806 bits per heavy atom. The van der Waals surface area contributed by atoms with Gasteiger partial charge in [0, 0.05) is 11.3 Å². The normalized spacial score (nSPS) is 10.6. The number of hydrogen-bond acceptors (Lipinski definition) is 7. The second-order valence-electron chi connectivity index (χ2n) is 7.37. The molecule has 0 bridgehead atoms. The molecule has 1 N–H and O–H groups in total. The van der Waals surface area contributed by atoms with Crippen LogP contribution in [0.25, 0.3) is 6.08 Å². The second-order valence-corrected chi connectivity index (χ2v) is 7.37. The summed E-state index contributed by atoms with van der Waals surface area (Å²) < 4.78 is 39.8. The number of benzene rings is 3. The van der Waals surface area contributed by atoms with Crippen LogP contribution in [0.1, 0.15) is 15.9 Å². The fourth-order valence-electron chi connectivity index (χ4n) is 3.27. The Balaban J connectivity index is 1.72. The van der Waals surface area contributed by atoms with Crippen molar-refractivity contribution >= 4 is 23.5 Å². The molecule has 0 saturated carbocycles. The van der Waals surface area contributed by atoms with Crippen molar-refractivity contribution in [3.8, 4) is 28.7 Å². The summed E-state index contributed by atoms with van der Waals surface area (Å²) in [6.07, 6.45) is 3.00. The number of nitrogens with one attached hydrogen (secondary N) is 1. The van der Waals surface area contributed by atoms with E-state index in [0.29, 0.717) is 45.6 Å². The third-order valence-corrected chi connectivity index (χ3v) is 5.05. The van der Waals surface area contributed by atoms with Crippen LogP contribution in [-0.2, 0) is 4.79 Å². The summed E-state index contributed by atoms with van der Waals surface area (Å²) in [7, 11) is 5.90. The van der Waals surface area contributed by atoms with Crippen molar-refractivity contribution < 1.29 is 37.7 Å². The van der Waals surface area contributed by atoms with E-state index in [1.165, 1.54) is 58.8 Å². The van der Waals surface area contributed by atoms with Gasteiger partial charge in [0.05, 0.1) is 28.4 Å². The first-order valence-corrected chi connectivity index (χ1v) is 10.8. The van der Waals surface area contributed by atoms with Crippen LogP contribution in [0, 0.1) is 5.82 Å². The van der Waals surface area contributed by atoms with E-state index >= 15 is 0 Å². The maximum atomic E-state index is 13.0. The first-order valence-electron chi connectivity index (χ1n) is 10.8. The Labute approximate surface area is 208 Å². The number of ether oxygens (including phenoxy) is 5. The highest BCUT2D eigenvalue weighted by Gasteiger charge is 2.16. The van der Waals surface area contributed by atoms with Gasteiger partial charge in [-0.1, -0.05) is 12.1 Å². The number of anilines is 1. The molecule has 0 radical (unpaired) electrons. The molecule has 36 heavy (non-hydrogen) atoms. The summed E-state index contributed by atoms with van der Waals surface area (Å²) in [5.41, 5.74) is 1.44. The lowest BCUT2D eigenvalue weighted by Gasteiger charge is -2.13. The van der Waals surface area contributed by atoms with Gasteiger partial charge < -0.3 is 29.0 Å².